The molecule has 1 aromatic heterocycles. The van der Waals surface area contributed by atoms with E-state index in [-0.39, 0.29) is 12.0 Å². The number of aliphatic hydroxyl groups excluding tert-OH is 1. The predicted molar refractivity (Wildman–Crippen MR) is 74.1 cm³/mol. The van der Waals surface area contributed by atoms with Crippen LogP contribution in [-0.2, 0) is 6.42 Å². The quantitative estimate of drug-likeness (QED) is 0.894. The number of hydrogen-bond donors (Lipinski definition) is 1. The maximum absolute atomic E-state index is 12.4. The summed E-state index contributed by atoms with van der Waals surface area (Å²) in [5.74, 6) is 0.374. The van der Waals surface area contributed by atoms with Crippen molar-refractivity contribution in [3.05, 3.63) is 21.4 Å². The third kappa shape index (κ3) is 2.59. The highest BCUT2D eigenvalue weighted by Gasteiger charge is 2.28. The average molecular weight is 267 g/mol. The zero-order chi connectivity index (χ0) is 13.3. The maximum atomic E-state index is 12.4. The molecular weight excluding hydrogens is 246 g/mol. The van der Waals surface area contributed by atoms with Gasteiger partial charge in [0.2, 0.25) is 0 Å². The Morgan fingerprint density at radius 1 is 1.61 bits per heavy atom. The zero-order valence-electron chi connectivity index (χ0n) is 11.3. The van der Waals surface area contributed by atoms with Gasteiger partial charge in [-0.3, -0.25) is 4.79 Å². The van der Waals surface area contributed by atoms with Gasteiger partial charge in [0.1, 0.15) is 0 Å². The lowest BCUT2D eigenvalue weighted by Crippen LogP contribution is -2.45. The van der Waals surface area contributed by atoms with Crippen molar-refractivity contribution in [3.8, 4) is 0 Å². The fourth-order valence-corrected chi connectivity index (χ4v) is 3.45. The van der Waals surface area contributed by atoms with Crippen molar-refractivity contribution in [3.63, 3.8) is 0 Å². The molecule has 1 saturated heterocycles. The van der Waals surface area contributed by atoms with Gasteiger partial charge in [-0.2, -0.15) is 0 Å². The smallest absolute Gasteiger partial charge is 0.264 e. The molecule has 1 aromatic rings. The summed E-state index contributed by atoms with van der Waals surface area (Å²) in [4.78, 5) is 16.2. The highest BCUT2D eigenvalue weighted by molar-refractivity contribution is 7.14. The molecule has 1 amide bonds. The van der Waals surface area contributed by atoms with Gasteiger partial charge in [-0.05, 0) is 37.3 Å². The van der Waals surface area contributed by atoms with Crippen LogP contribution in [0.3, 0.4) is 0 Å². The normalized spacial score (nSPS) is 24.3. The predicted octanol–water partition coefficient (Wildman–Crippen LogP) is 2.46. The topological polar surface area (TPSA) is 40.5 Å². The Morgan fingerprint density at radius 3 is 2.89 bits per heavy atom. The maximum Gasteiger partial charge on any atom is 0.264 e. The first kappa shape index (κ1) is 13.6. The number of piperidine rings is 1. The van der Waals surface area contributed by atoms with Crippen LogP contribution < -0.4 is 0 Å². The monoisotopic (exact) mass is 267 g/mol. The number of nitrogens with zero attached hydrogens (tertiary/aromatic N) is 1. The SMILES string of the molecule is CCc1sc(C(=O)N2CCC(C)C(O)C2)cc1C. The molecule has 1 aliphatic heterocycles. The van der Waals surface area contributed by atoms with Crippen molar-refractivity contribution in [1.29, 1.82) is 0 Å². The molecule has 0 saturated carbocycles. The number of carbonyl (C=O) groups is 1. The van der Waals surface area contributed by atoms with Gasteiger partial charge in [-0.1, -0.05) is 13.8 Å². The van der Waals surface area contributed by atoms with E-state index >= 15 is 0 Å². The largest absolute Gasteiger partial charge is 0.391 e. The number of thiophene rings is 1. The minimum absolute atomic E-state index is 0.0775. The van der Waals surface area contributed by atoms with E-state index in [1.165, 1.54) is 10.4 Å². The molecule has 0 aliphatic carbocycles. The molecule has 18 heavy (non-hydrogen) atoms. The van der Waals surface area contributed by atoms with Crippen molar-refractivity contribution in [2.75, 3.05) is 13.1 Å². The molecule has 2 heterocycles. The number of amides is 1. The number of rotatable bonds is 2. The van der Waals surface area contributed by atoms with Crippen molar-refractivity contribution >= 4 is 17.2 Å². The van der Waals surface area contributed by atoms with Crippen LogP contribution in [0.2, 0.25) is 0 Å². The molecule has 2 unspecified atom stereocenters. The van der Waals surface area contributed by atoms with Crippen LogP contribution in [0, 0.1) is 12.8 Å². The number of hydrogen-bond acceptors (Lipinski definition) is 3. The van der Waals surface area contributed by atoms with Crippen LogP contribution in [0.4, 0.5) is 0 Å². The molecule has 3 nitrogen and oxygen atoms in total. The first-order valence-electron chi connectivity index (χ1n) is 6.59. The average Bonchev–Trinajstić information content (AvgIpc) is 2.73. The van der Waals surface area contributed by atoms with Crippen LogP contribution in [0.1, 0.15) is 40.4 Å². The molecule has 0 radical (unpaired) electrons. The molecule has 100 valence electrons. The standard InChI is InChI=1S/C14H21NO2S/c1-4-12-10(3)7-13(18-12)14(17)15-6-5-9(2)11(16)8-15/h7,9,11,16H,4-6,8H2,1-3H3. The summed E-state index contributed by atoms with van der Waals surface area (Å²) < 4.78 is 0. The summed E-state index contributed by atoms with van der Waals surface area (Å²) in [6.45, 7) is 7.43. The van der Waals surface area contributed by atoms with Crippen molar-refractivity contribution in [2.24, 2.45) is 5.92 Å². The lowest BCUT2D eigenvalue weighted by Gasteiger charge is -2.34. The van der Waals surface area contributed by atoms with Crippen LogP contribution in [-0.4, -0.2) is 35.1 Å². The molecule has 2 atom stereocenters. The van der Waals surface area contributed by atoms with Crippen LogP contribution in [0.25, 0.3) is 0 Å². The molecule has 0 aromatic carbocycles. The first-order valence-corrected chi connectivity index (χ1v) is 7.41. The van der Waals surface area contributed by atoms with Crippen molar-refractivity contribution in [2.45, 2.75) is 39.7 Å². The molecular formula is C14H21NO2S. The number of aliphatic hydroxyl groups is 1. The van der Waals surface area contributed by atoms with E-state index in [0.717, 1.165) is 24.3 Å². The Hall–Kier alpha value is -0.870. The Kier molecular flexibility index (Phi) is 4.07. The summed E-state index contributed by atoms with van der Waals surface area (Å²) in [5.41, 5.74) is 1.21. The zero-order valence-corrected chi connectivity index (χ0v) is 12.1. The summed E-state index contributed by atoms with van der Waals surface area (Å²) in [6, 6.07) is 1.98. The van der Waals surface area contributed by atoms with E-state index in [1.807, 2.05) is 13.0 Å². The van der Waals surface area contributed by atoms with E-state index in [0.29, 0.717) is 12.5 Å². The van der Waals surface area contributed by atoms with Crippen LogP contribution in [0.5, 0.6) is 0 Å². The van der Waals surface area contributed by atoms with Gasteiger partial charge in [-0.25, -0.2) is 0 Å². The number of carbonyl (C=O) groups excluding carboxylic acids is 1. The fourth-order valence-electron chi connectivity index (χ4n) is 2.37. The molecule has 2 rings (SSSR count). The Bertz CT molecular complexity index is 441. The van der Waals surface area contributed by atoms with Crippen LogP contribution >= 0.6 is 11.3 Å². The second-order valence-corrected chi connectivity index (χ2v) is 6.29. The molecule has 1 aliphatic rings. The van der Waals surface area contributed by atoms with Gasteiger partial charge >= 0.3 is 0 Å². The highest BCUT2D eigenvalue weighted by atomic mass is 32.1. The molecule has 1 N–H and O–H groups in total. The van der Waals surface area contributed by atoms with E-state index in [2.05, 4.69) is 13.8 Å². The van der Waals surface area contributed by atoms with Gasteiger partial charge in [0.05, 0.1) is 11.0 Å². The second kappa shape index (κ2) is 5.41. The molecule has 0 spiro atoms. The minimum atomic E-state index is -0.380. The lowest BCUT2D eigenvalue weighted by molar-refractivity contribution is 0.0251. The first-order chi connectivity index (χ1) is 8.52. The van der Waals surface area contributed by atoms with Gasteiger partial charge < -0.3 is 10.0 Å². The van der Waals surface area contributed by atoms with Crippen molar-refractivity contribution < 1.29 is 9.90 Å². The Labute approximate surface area is 112 Å². The fraction of sp³-hybridized carbons (Fsp3) is 0.643. The van der Waals surface area contributed by atoms with E-state index in [9.17, 15) is 9.90 Å². The molecule has 1 fully saturated rings. The molecule has 4 heteroatoms. The van der Waals surface area contributed by atoms with E-state index in [1.54, 1.807) is 16.2 Å². The summed E-state index contributed by atoms with van der Waals surface area (Å²) >= 11 is 1.59. The number of aryl methyl sites for hydroxylation is 2. The Balaban J connectivity index is 2.11. The van der Waals surface area contributed by atoms with Crippen LogP contribution in [0.15, 0.2) is 6.07 Å². The van der Waals surface area contributed by atoms with Crippen molar-refractivity contribution in [1.82, 2.24) is 4.90 Å². The van der Waals surface area contributed by atoms with E-state index in [4.69, 9.17) is 0 Å². The number of β-amino-alcohol motifs (C(OH)–C–C–N with tert-alkyl or cyclic N) is 1. The second-order valence-electron chi connectivity index (χ2n) is 5.15. The highest BCUT2D eigenvalue weighted by Crippen LogP contribution is 2.25. The van der Waals surface area contributed by atoms with Gasteiger partial charge in [0.15, 0.2) is 0 Å². The van der Waals surface area contributed by atoms with Gasteiger partial charge in [-0.15, -0.1) is 11.3 Å². The minimum Gasteiger partial charge on any atom is -0.391 e. The number of likely N-dealkylation sites (tertiary alicyclic amines) is 1. The summed E-state index contributed by atoms with van der Waals surface area (Å²) in [5, 5.41) is 9.86. The van der Waals surface area contributed by atoms with E-state index < -0.39 is 0 Å². The Morgan fingerprint density at radius 2 is 2.33 bits per heavy atom. The third-order valence-electron chi connectivity index (χ3n) is 3.76. The van der Waals surface area contributed by atoms with Gasteiger partial charge in [0.25, 0.3) is 5.91 Å². The summed E-state index contributed by atoms with van der Waals surface area (Å²) in [6.07, 6.45) is 1.48. The third-order valence-corrected chi connectivity index (χ3v) is 5.13. The van der Waals surface area contributed by atoms with Gasteiger partial charge in [0, 0.05) is 18.0 Å². The lowest BCUT2D eigenvalue weighted by atomic mass is 9.96. The molecule has 0 bridgehead atoms. The summed E-state index contributed by atoms with van der Waals surface area (Å²) in [7, 11) is 0.